The number of likely N-dealkylation sites (tertiary alicyclic amines) is 1. The fourth-order valence-electron chi connectivity index (χ4n) is 4.88. The lowest BCUT2D eigenvalue weighted by atomic mass is 10.00. The van der Waals surface area contributed by atoms with Gasteiger partial charge < -0.3 is 14.7 Å². The monoisotopic (exact) mass is 455 g/mol. The number of ketones is 1. The van der Waals surface area contributed by atoms with Crippen molar-refractivity contribution in [1.29, 1.82) is 0 Å². The van der Waals surface area contributed by atoms with Crippen molar-refractivity contribution in [2.45, 2.75) is 78.2 Å². The van der Waals surface area contributed by atoms with Crippen LogP contribution < -0.4 is 0 Å². The minimum Gasteiger partial charge on any atom is -0.338 e. The average Bonchev–Trinajstić information content (AvgIpc) is 3.45. The highest BCUT2D eigenvalue weighted by Crippen LogP contribution is 2.22. The Labute approximate surface area is 199 Å². The van der Waals surface area contributed by atoms with Crippen molar-refractivity contribution in [3.63, 3.8) is 0 Å². The molecule has 1 aromatic rings. The zero-order chi connectivity index (χ0) is 23.6. The Balaban J connectivity index is 1.43. The van der Waals surface area contributed by atoms with Crippen LogP contribution in [0.2, 0.25) is 0 Å². The maximum atomic E-state index is 12.9. The molecule has 3 amide bonds. The third-order valence-electron chi connectivity index (χ3n) is 6.96. The second kappa shape index (κ2) is 12.8. The highest BCUT2D eigenvalue weighted by molar-refractivity contribution is 5.95. The van der Waals surface area contributed by atoms with Crippen LogP contribution in [0, 0.1) is 5.92 Å². The van der Waals surface area contributed by atoms with Crippen molar-refractivity contribution in [3.8, 4) is 0 Å². The highest BCUT2D eigenvalue weighted by Gasteiger charge is 2.31. The van der Waals surface area contributed by atoms with E-state index in [4.69, 9.17) is 0 Å². The number of nitrogens with zero attached hydrogens (tertiary/aromatic N) is 3. The van der Waals surface area contributed by atoms with Gasteiger partial charge in [0.2, 0.25) is 0 Å². The number of rotatable bonds is 13. The zero-order valence-electron chi connectivity index (χ0n) is 20.6. The second-order valence-electron chi connectivity index (χ2n) is 9.61. The van der Waals surface area contributed by atoms with Crippen LogP contribution in [0.3, 0.4) is 0 Å². The van der Waals surface area contributed by atoms with Gasteiger partial charge >= 0.3 is 6.03 Å². The molecule has 182 valence electrons. The Morgan fingerprint density at radius 1 is 0.879 bits per heavy atom. The lowest BCUT2D eigenvalue weighted by Crippen LogP contribution is -2.32. The molecule has 1 aromatic carbocycles. The zero-order valence-corrected chi connectivity index (χ0v) is 20.6. The van der Waals surface area contributed by atoms with E-state index in [2.05, 4.69) is 6.92 Å². The number of urea groups is 1. The summed E-state index contributed by atoms with van der Waals surface area (Å²) in [4.78, 5) is 43.4. The number of carbonyl (C=O) groups excluding carboxylic acids is 3. The van der Waals surface area contributed by atoms with Gasteiger partial charge in [0.05, 0.1) is 0 Å². The van der Waals surface area contributed by atoms with Gasteiger partial charge in [-0.25, -0.2) is 4.79 Å². The Morgan fingerprint density at radius 3 is 2.30 bits per heavy atom. The van der Waals surface area contributed by atoms with Crippen molar-refractivity contribution in [3.05, 3.63) is 35.4 Å². The molecular formula is C27H41N3O3. The van der Waals surface area contributed by atoms with Crippen molar-refractivity contribution in [1.82, 2.24) is 14.7 Å². The van der Waals surface area contributed by atoms with Crippen LogP contribution in [0.5, 0.6) is 0 Å². The third-order valence-corrected chi connectivity index (χ3v) is 6.96. The van der Waals surface area contributed by atoms with Crippen LogP contribution in [-0.4, -0.2) is 65.1 Å². The quantitative estimate of drug-likeness (QED) is 0.388. The first-order chi connectivity index (χ1) is 16.0. The van der Waals surface area contributed by atoms with Crippen molar-refractivity contribution >= 4 is 17.7 Å². The molecule has 2 fully saturated rings. The van der Waals surface area contributed by atoms with Crippen LogP contribution in [0.1, 0.15) is 87.6 Å². The van der Waals surface area contributed by atoms with E-state index in [1.54, 1.807) is 4.90 Å². The molecule has 2 saturated heterocycles. The van der Waals surface area contributed by atoms with Gasteiger partial charge in [-0.05, 0) is 37.0 Å². The summed E-state index contributed by atoms with van der Waals surface area (Å²) in [5.74, 6) is 0.272. The van der Waals surface area contributed by atoms with Crippen LogP contribution in [-0.2, 0) is 11.3 Å². The highest BCUT2D eigenvalue weighted by atomic mass is 16.2. The van der Waals surface area contributed by atoms with Gasteiger partial charge in [-0.3, -0.25) is 9.59 Å². The average molecular weight is 456 g/mol. The molecule has 1 unspecified atom stereocenters. The first kappa shape index (κ1) is 25.3. The summed E-state index contributed by atoms with van der Waals surface area (Å²) in [6, 6.07) is 7.74. The molecule has 3 rings (SSSR count). The van der Waals surface area contributed by atoms with Gasteiger partial charge in [0.1, 0.15) is 5.78 Å². The Morgan fingerprint density at radius 2 is 1.58 bits per heavy atom. The van der Waals surface area contributed by atoms with E-state index in [1.165, 1.54) is 32.1 Å². The van der Waals surface area contributed by atoms with Crippen molar-refractivity contribution in [2.75, 3.05) is 32.7 Å². The molecule has 0 saturated carbocycles. The van der Waals surface area contributed by atoms with Gasteiger partial charge in [0.25, 0.3) is 5.91 Å². The molecule has 0 bridgehead atoms. The number of benzene rings is 1. The Kier molecular flexibility index (Phi) is 9.76. The summed E-state index contributed by atoms with van der Waals surface area (Å²) in [6.45, 7) is 8.43. The third kappa shape index (κ3) is 7.05. The SMILES string of the molecule is CCCCCCCCN1CCN(Cc2ccc(C(=O)N3CCC(C(=O)CCC)C3)cc2)C1=O. The van der Waals surface area contributed by atoms with E-state index >= 15 is 0 Å². The summed E-state index contributed by atoms with van der Waals surface area (Å²) < 4.78 is 0. The fourth-order valence-corrected chi connectivity index (χ4v) is 4.88. The lowest BCUT2D eigenvalue weighted by molar-refractivity contribution is -0.122. The van der Waals surface area contributed by atoms with Crippen LogP contribution in [0.15, 0.2) is 24.3 Å². The molecule has 0 aromatic heterocycles. The number of carbonyl (C=O) groups is 3. The molecule has 33 heavy (non-hydrogen) atoms. The van der Waals surface area contributed by atoms with Crippen LogP contribution in [0.4, 0.5) is 4.79 Å². The summed E-state index contributed by atoms with van der Waals surface area (Å²) >= 11 is 0. The summed E-state index contributed by atoms with van der Waals surface area (Å²) in [6.07, 6.45) is 9.64. The maximum absolute atomic E-state index is 12.9. The predicted octanol–water partition coefficient (Wildman–Crippen LogP) is 5.12. The van der Waals surface area contributed by atoms with Crippen molar-refractivity contribution in [2.24, 2.45) is 5.92 Å². The van der Waals surface area contributed by atoms with Gasteiger partial charge in [0.15, 0.2) is 0 Å². The number of unbranched alkanes of at least 4 members (excludes halogenated alkanes) is 5. The van der Waals surface area contributed by atoms with Gasteiger partial charge in [-0.2, -0.15) is 0 Å². The van der Waals surface area contributed by atoms with E-state index in [0.29, 0.717) is 31.6 Å². The van der Waals surface area contributed by atoms with Gasteiger partial charge in [0, 0.05) is 57.2 Å². The number of hydrogen-bond donors (Lipinski definition) is 0. The maximum Gasteiger partial charge on any atom is 0.320 e. The minimum atomic E-state index is -0.00589. The molecule has 2 aliphatic rings. The molecule has 1 atom stereocenters. The van der Waals surface area contributed by atoms with E-state index < -0.39 is 0 Å². The summed E-state index contributed by atoms with van der Waals surface area (Å²) in [5, 5.41) is 0. The van der Waals surface area contributed by atoms with E-state index in [-0.39, 0.29) is 23.6 Å². The minimum absolute atomic E-state index is 0.00397. The second-order valence-corrected chi connectivity index (χ2v) is 9.61. The normalized spacial score (nSPS) is 18.4. The van der Waals surface area contributed by atoms with Crippen molar-refractivity contribution < 1.29 is 14.4 Å². The molecule has 2 heterocycles. The molecule has 6 nitrogen and oxygen atoms in total. The Hall–Kier alpha value is -2.37. The standard InChI is InChI=1S/C27H41N3O3/c1-3-5-6-7-8-9-16-28-18-19-30(27(28)33)20-22-11-13-23(14-12-22)26(32)29-17-15-24(21-29)25(31)10-4-2/h11-14,24H,3-10,15-21H2,1-2H3. The first-order valence-electron chi connectivity index (χ1n) is 13.0. The summed E-state index contributed by atoms with van der Waals surface area (Å²) in [5.41, 5.74) is 1.69. The Bertz CT molecular complexity index is 792. The largest absolute Gasteiger partial charge is 0.338 e. The summed E-state index contributed by atoms with van der Waals surface area (Å²) in [7, 11) is 0. The molecule has 6 heteroatoms. The molecule has 0 aliphatic carbocycles. The fraction of sp³-hybridized carbons (Fsp3) is 0.667. The molecule has 0 N–H and O–H groups in total. The van der Waals surface area contributed by atoms with Gasteiger partial charge in [-0.15, -0.1) is 0 Å². The first-order valence-corrected chi connectivity index (χ1v) is 13.0. The van der Waals surface area contributed by atoms with Crippen LogP contribution >= 0.6 is 0 Å². The molecular weight excluding hydrogens is 414 g/mol. The van der Waals surface area contributed by atoms with E-state index in [9.17, 15) is 14.4 Å². The smallest absolute Gasteiger partial charge is 0.320 e. The topological polar surface area (TPSA) is 60.9 Å². The predicted molar refractivity (Wildman–Crippen MR) is 131 cm³/mol. The molecule has 0 spiro atoms. The number of amides is 3. The number of hydrogen-bond acceptors (Lipinski definition) is 3. The van der Waals surface area contributed by atoms with Gasteiger partial charge in [-0.1, -0.05) is 58.1 Å². The van der Waals surface area contributed by atoms with E-state index in [0.717, 1.165) is 44.5 Å². The lowest BCUT2D eigenvalue weighted by Gasteiger charge is -2.19. The molecule has 2 aliphatic heterocycles. The van der Waals surface area contributed by atoms with Crippen LogP contribution in [0.25, 0.3) is 0 Å². The number of Topliss-reactive ketones (excluding diaryl/α,β-unsaturated/α-hetero) is 1. The molecule has 0 radical (unpaired) electrons. The van der Waals surface area contributed by atoms with E-state index in [1.807, 2.05) is 41.0 Å².